The van der Waals surface area contributed by atoms with E-state index in [0.29, 0.717) is 0 Å². The van der Waals surface area contributed by atoms with Gasteiger partial charge in [0.2, 0.25) is 0 Å². The highest BCUT2D eigenvalue weighted by atomic mass is 14.5. The third-order valence-electron chi connectivity index (χ3n) is 3.86. The monoisotopic (exact) mass is 256 g/mol. The maximum Gasteiger partial charge on any atom is -0.00746 e. The summed E-state index contributed by atoms with van der Waals surface area (Å²) in [6.45, 7) is 3.95. The standard InChI is InChI=1S/C16H36N2/c1-2-3-4-5-6-7-8-9-11-16(13-15-18)12-10-14-17/h16H,2-15,17-18H2,1H3. The summed E-state index contributed by atoms with van der Waals surface area (Å²) < 4.78 is 0. The van der Waals surface area contributed by atoms with Crippen LogP contribution in [0.15, 0.2) is 0 Å². The predicted molar refractivity (Wildman–Crippen MR) is 82.7 cm³/mol. The second-order valence-corrected chi connectivity index (χ2v) is 5.64. The first kappa shape index (κ1) is 17.9. The molecular formula is C16H36N2. The Morgan fingerprint density at radius 3 is 1.72 bits per heavy atom. The fraction of sp³-hybridized carbons (Fsp3) is 1.00. The fourth-order valence-corrected chi connectivity index (χ4v) is 2.64. The Balaban J connectivity index is 3.31. The van der Waals surface area contributed by atoms with Crippen LogP contribution in [0.3, 0.4) is 0 Å². The van der Waals surface area contributed by atoms with Crippen molar-refractivity contribution in [2.75, 3.05) is 13.1 Å². The zero-order chi connectivity index (χ0) is 13.5. The Hall–Kier alpha value is -0.0800. The van der Waals surface area contributed by atoms with Gasteiger partial charge in [0.1, 0.15) is 0 Å². The van der Waals surface area contributed by atoms with Gasteiger partial charge in [-0.3, -0.25) is 0 Å². The summed E-state index contributed by atoms with van der Waals surface area (Å²) in [6, 6.07) is 0. The normalized spacial score (nSPS) is 12.8. The van der Waals surface area contributed by atoms with Crippen molar-refractivity contribution in [1.29, 1.82) is 0 Å². The van der Waals surface area contributed by atoms with Crippen molar-refractivity contribution in [3.8, 4) is 0 Å². The first-order chi connectivity index (χ1) is 8.85. The molecule has 0 aromatic heterocycles. The molecule has 1 unspecified atom stereocenters. The highest BCUT2D eigenvalue weighted by Gasteiger charge is 2.06. The largest absolute Gasteiger partial charge is 0.330 e. The smallest absolute Gasteiger partial charge is 0.00746 e. The summed E-state index contributed by atoms with van der Waals surface area (Å²) in [6.07, 6.45) is 16.3. The van der Waals surface area contributed by atoms with Gasteiger partial charge >= 0.3 is 0 Å². The molecule has 18 heavy (non-hydrogen) atoms. The van der Waals surface area contributed by atoms with Gasteiger partial charge in [0, 0.05) is 0 Å². The lowest BCUT2D eigenvalue weighted by molar-refractivity contribution is 0.394. The van der Waals surface area contributed by atoms with Crippen LogP contribution in [-0.2, 0) is 0 Å². The van der Waals surface area contributed by atoms with E-state index in [1.165, 1.54) is 77.0 Å². The molecule has 0 aromatic rings. The highest BCUT2D eigenvalue weighted by molar-refractivity contribution is 4.61. The van der Waals surface area contributed by atoms with Gasteiger partial charge in [-0.1, -0.05) is 64.7 Å². The molecular weight excluding hydrogens is 220 g/mol. The van der Waals surface area contributed by atoms with Crippen LogP contribution in [0.4, 0.5) is 0 Å². The molecule has 0 aromatic carbocycles. The van der Waals surface area contributed by atoms with E-state index in [9.17, 15) is 0 Å². The molecule has 0 amide bonds. The minimum atomic E-state index is 0.832. The molecule has 2 heteroatoms. The molecule has 110 valence electrons. The SMILES string of the molecule is CCCCCCCCCCC(CCN)CCCN. The summed E-state index contributed by atoms with van der Waals surface area (Å²) in [7, 11) is 0. The van der Waals surface area contributed by atoms with Crippen LogP contribution < -0.4 is 11.5 Å². The van der Waals surface area contributed by atoms with Crippen LogP contribution in [0.25, 0.3) is 0 Å². The maximum absolute atomic E-state index is 5.67. The zero-order valence-corrected chi connectivity index (χ0v) is 12.6. The van der Waals surface area contributed by atoms with Gasteiger partial charge in [0.25, 0.3) is 0 Å². The van der Waals surface area contributed by atoms with Crippen molar-refractivity contribution in [3.63, 3.8) is 0 Å². The van der Waals surface area contributed by atoms with Gasteiger partial charge in [-0.2, -0.15) is 0 Å². The molecule has 0 aliphatic carbocycles. The molecule has 2 nitrogen and oxygen atoms in total. The molecule has 0 fully saturated rings. The molecule has 0 saturated heterocycles. The fourth-order valence-electron chi connectivity index (χ4n) is 2.64. The second-order valence-electron chi connectivity index (χ2n) is 5.64. The Morgan fingerprint density at radius 1 is 0.611 bits per heavy atom. The van der Waals surface area contributed by atoms with Crippen LogP contribution in [0.2, 0.25) is 0 Å². The number of hydrogen-bond acceptors (Lipinski definition) is 2. The van der Waals surface area contributed by atoms with Gasteiger partial charge in [-0.25, -0.2) is 0 Å². The van der Waals surface area contributed by atoms with Crippen LogP contribution in [0, 0.1) is 5.92 Å². The van der Waals surface area contributed by atoms with E-state index >= 15 is 0 Å². The summed E-state index contributed by atoms with van der Waals surface area (Å²) in [4.78, 5) is 0. The van der Waals surface area contributed by atoms with E-state index in [4.69, 9.17) is 11.5 Å². The van der Waals surface area contributed by atoms with Crippen molar-refractivity contribution < 1.29 is 0 Å². The topological polar surface area (TPSA) is 52.0 Å². The average molecular weight is 256 g/mol. The third-order valence-corrected chi connectivity index (χ3v) is 3.86. The van der Waals surface area contributed by atoms with E-state index in [1.54, 1.807) is 0 Å². The summed E-state index contributed by atoms with van der Waals surface area (Å²) >= 11 is 0. The van der Waals surface area contributed by atoms with Crippen LogP contribution in [0.1, 0.15) is 84.0 Å². The van der Waals surface area contributed by atoms with E-state index < -0.39 is 0 Å². The summed E-state index contributed by atoms with van der Waals surface area (Å²) in [5.74, 6) is 0.832. The van der Waals surface area contributed by atoms with Crippen molar-refractivity contribution in [2.45, 2.75) is 84.0 Å². The van der Waals surface area contributed by atoms with Gasteiger partial charge in [0.15, 0.2) is 0 Å². The maximum atomic E-state index is 5.67. The van der Waals surface area contributed by atoms with Gasteiger partial charge in [-0.05, 0) is 38.3 Å². The summed E-state index contributed by atoms with van der Waals surface area (Å²) in [5.41, 5.74) is 11.2. The Morgan fingerprint density at radius 2 is 1.17 bits per heavy atom. The van der Waals surface area contributed by atoms with Gasteiger partial charge < -0.3 is 11.5 Å². The van der Waals surface area contributed by atoms with Crippen LogP contribution in [-0.4, -0.2) is 13.1 Å². The summed E-state index contributed by atoms with van der Waals surface area (Å²) in [5, 5.41) is 0. The Bertz CT molecular complexity index is 148. The van der Waals surface area contributed by atoms with Crippen molar-refractivity contribution in [2.24, 2.45) is 17.4 Å². The molecule has 0 spiro atoms. The molecule has 0 aliphatic heterocycles. The molecule has 0 rings (SSSR count). The second kappa shape index (κ2) is 15.0. The first-order valence-electron chi connectivity index (χ1n) is 8.25. The van der Waals surface area contributed by atoms with Gasteiger partial charge in [-0.15, -0.1) is 0 Å². The minimum Gasteiger partial charge on any atom is -0.330 e. The molecule has 4 N–H and O–H groups in total. The lowest BCUT2D eigenvalue weighted by Gasteiger charge is -2.15. The molecule has 0 heterocycles. The zero-order valence-electron chi connectivity index (χ0n) is 12.6. The number of nitrogens with two attached hydrogens (primary N) is 2. The van der Waals surface area contributed by atoms with Crippen molar-refractivity contribution in [3.05, 3.63) is 0 Å². The number of hydrogen-bond donors (Lipinski definition) is 2. The van der Waals surface area contributed by atoms with E-state index in [2.05, 4.69) is 6.92 Å². The molecule has 0 bridgehead atoms. The average Bonchev–Trinajstić information content (AvgIpc) is 2.39. The molecule has 0 aliphatic rings. The lowest BCUT2D eigenvalue weighted by atomic mass is 9.93. The Kier molecular flexibility index (Phi) is 14.9. The van der Waals surface area contributed by atoms with E-state index in [1.807, 2.05) is 0 Å². The number of rotatable bonds is 14. The number of unbranched alkanes of at least 4 members (excludes halogenated alkanes) is 7. The highest BCUT2D eigenvalue weighted by Crippen LogP contribution is 2.19. The van der Waals surface area contributed by atoms with Crippen molar-refractivity contribution in [1.82, 2.24) is 0 Å². The minimum absolute atomic E-state index is 0.832. The molecule has 0 radical (unpaired) electrons. The Labute approximate surface area is 115 Å². The predicted octanol–water partition coefficient (Wildman–Crippen LogP) is 4.22. The molecule has 1 atom stereocenters. The van der Waals surface area contributed by atoms with Crippen LogP contribution >= 0.6 is 0 Å². The van der Waals surface area contributed by atoms with Crippen molar-refractivity contribution >= 4 is 0 Å². The lowest BCUT2D eigenvalue weighted by Crippen LogP contribution is -2.11. The van der Waals surface area contributed by atoms with Crippen LogP contribution in [0.5, 0.6) is 0 Å². The first-order valence-corrected chi connectivity index (χ1v) is 8.25. The van der Waals surface area contributed by atoms with E-state index in [-0.39, 0.29) is 0 Å². The molecule has 0 saturated carbocycles. The van der Waals surface area contributed by atoms with Gasteiger partial charge in [0.05, 0.1) is 0 Å². The quantitative estimate of drug-likeness (QED) is 0.457. The van der Waals surface area contributed by atoms with E-state index in [0.717, 1.165) is 19.0 Å². The third kappa shape index (κ3) is 12.4.